The summed E-state index contributed by atoms with van der Waals surface area (Å²) in [5.74, 6) is -1.40. The van der Waals surface area contributed by atoms with Crippen LogP contribution < -0.4 is 0 Å². The van der Waals surface area contributed by atoms with Gasteiger partial charge in [-0.3, -0.25) is 4.79 Å². The average molecular weight is 214 g/mol. The summed E-state index contributed by atoms with van der Waals surface area (Å²) in [6.07, 6.45) is 8.55. The fourth-order valence-corrected chi connectivity index (χ4v) is 1.97. The Labute approximate surface area is 91.8 Å². The first-order chi connectivity index (χ1) is 7.16. The van der Waals surface area contributed by atoms with Gasteiger partial charge < -0.3 is 9.84 Å². The molecule has 3 nitrogen and oxygen atoms in total. The largest absolute Gasteiger partial charge is 0.433 e. The molecule has 88 valence electrons. The third kappa shape index (κ3) is 4.65. The zero-order valence-corrected chi connectivity index (χ0v) is 9.63. The molecular formula is C12H22O3. The zero-order chi connectivity index (χ0) is 11.1. The van der Waals surface area contributed by atoms with Gasteiger partial charge in [-0.15, -0.1) is 0 Å². The Bertz CT molecular complexity index is 203. The Morgan fingerprint density at radius 3 is 2.53 bits per heavy atom. The van der Waals surface area contributed by atoms with E-state index < -0.39 is 5.79 Å². The molecule has 1 aliphatic rings. The van der Waals surface area contributed by atoms with Crippen LogP contribution in [0.25, 0.3) is 0 Å². The number of unbranched alkanes of at least 4 members (excludes halogenated alkanes) is 5. The minimum atomic E-state index is -1.14. The first-order valence-electron chi connectivity index (χ1n) is 6.10. The Morgan fingerprint density at radius 1 is 1.27 bits per heavy atom. The standard InChI is InChI=1S/C12H22O3/c1-2-3-4-5-6-7-9-12(14)10-8-11(13)15-12/h14H,2-10H2,1H3. The fraction of sp³-hybridized carbons (Fsp3) is 0.917. The van der Waals surface area contributed by atoms with Gasteiger partial charge in [0.2, 0.25) is 5.79 Å². The molecule has 0 aromatic rings. The quantitative estimate of drug-likeness (QED) is 0.523. The molecule has 1 unspecified atom stereocenters. The van der Waals surface area contributed by atoms with Crippen LogP contribution in [0.3, 0.4) is 0 Å². The highest BCUT2D eigenvalue weighted by Crippen LogP contribution is 2.29. The molecular weight excluding hydrogens is 192 g/mol. The average Bonchev–Trinajstić information content (AvgIpc) is 2.53. The predicted molar refractivity (Wildman–Crippen MR) is 58.3 cm³/mol. The second-order valence-electron chi connectivity index (χ2n) is 4.44. The number of hydrogen-bond donors (Lipinski definition) is 1. The molecule has 1 rings (SSSR count). The van der Waals surface area contributed by atoms with E-state index >= 15 is 0 Å². The second kappa shape index (κ2) is 6.11. The Morgan fingerprint density at radius 2 is 1.93 bits per heavy atom. The summed E-state index contributed by atoms with van der Waals surface area (Å²) in [6.45, 7) is 2.20. The molecule has 1 aliphatic heterocycles. The highest BCUT2D eigenvalue weighted by molar-refractivity contribution is 5.71. The summed E-state index contributed by atoms with van der Waals surface area (Å²) in [4.78, 5) is 10.9. The molecule has 0 radical (unpaired) electrons. The summed E-state index contributed by atoms with van der Waals surface area (Å²) in [7, 11) is 0. The van der Waals surface area contributed by atoms with E-state index in [1.807, 2.05) is 0 Å². The number of hydrogen-bond acceptors (Lipinski definition) is 3. The molecule has 1 saturated heterocycles. The van der Waals surface area contributed by atoms with Crippen LogP contribution in [-0.2, 0) is 9.53 Å². The number of aliphatic hydroxyl groups is 1. The van der Waals surface area contributed by atoms with Crippen molar-refractivity contribution in [2.45, 2.75) is 70.5 Å². The lowest BCUT2D eigenvalue weighted by molar-refractivity contribution is -0.190. The molecule has 0 bridgehead atoms. The highest BCUT2D eigenvalue weighted by Gasteiger charge is 2.37. The molecule has 1 atom stereocenters. The van der Waals surface area contributed by atoms with Crippen molar-refractivity contribution in [2.24, 2.45) is 0 Å². The summed E-state index contributed by atoms with van der Waals surface area (Å²) in [5.41, 5.74) is 0. The molecule has 0 aromatic carbocycles. The van der Waals surface area contributed by atoms with E-state index in [1.165, 1.54) is 25.7 Å². The number of cyclic esters (lactones) is 1. The lowest BCUT2D eigenvalue weighted by Gasteiger charge is -2.20. The van der Waals surface area contributed by atoms with Gasteiger partial charge in [0.25, 0.3) is 0 Å². The number of carbonyl (C=O) groups is 1. The van der Waals surface area contributed by atoms with Crippen LogP contribution in [0, 0.1) is 0 Å². The summed E-state index contributed by atoms with van der Waals surface area (Å²) < 4.78 is 4.89. The van der Waals surface area contributed by atoms with Gasteiger partial charge in [-0.1, -0.05) is 39.0 Å². The Balaban J connectivity index is 2.02. The third-order valence-electron chi connectivity index (χ3n) is 2.94. The van der Waals surface area contributed by atoms with Crippen molar-refractivity contribution >= 4 is 5.97 Å². The summed E-state index contributed by atoms with van der Waals surface area (Å²) >= 11 is 0. The molecule has 0 saturated carbocycles. The van der Waals surface area contributed by atoms with Gasteiger partial charge in [-0.05, 0) is 6.42 Å². The minimum absolute atomic E-state index is 0.261. The van der Waals surface area contributed by atoms with Gasteiger partial charge in [0.05, 0.1) is 6.42 Å². The molecule has 0 aliphatic carbocycles. The molecule has 3 heteroatoms. The van der Waals surface area contributed by atoms with Crippen molar-refractivity contribution in [3.05, 3.63) is 0 Å². The molecule has 0 spiro atoms. The lowest BCUT2D eigenvalue weighted by atomic mass is 10.0. The van der Waals surface area contributed by atoms with E-state index in [0.29, 0.717) is 19.3 Å². The number of rotatable bonds is 7. The van der Waals surface area contributed by atoms with Crippen molar-refractivity contribution < 1.29 is 14.6 Å². The van der Waals surface area contributed by atoms with Crippen molar-refractivity contribution in [3.63, 3.8) is 0 Å². The van der Waals surface area contributed by atoms with Crippen LogP contribution in [0.4, 0.5) is 0 Å². The van der Waals surface area contributed by atoms with E-state index in [2.05, 4.69) is 6.92 Å². The maximum absolute atomic E-state index is 10.9. The van der Waals surface area contributed by atoms with Crippen molar-refractivity contribution in [1.29, 1.82) is 0 Å². The predicted octanol–water partition coefficient (Wildman–Crippen LogP) is 2.76. The van der Waals surface area contributed by atoms with Gasteiger partial charge in [-0.2, -0.15) is 0 Å². The van der Waals surface area contributed by atoms with Gasteiger partial charge in [0.15, 0.2) is 0 Å². The van der Waals surface area contributed by atoms with Gasteiger partial charge in [-0.25, -0.2) is 0 Å². The van der Waals surface area contributed by atoms with E-state index in [4.69, 9.17) is 4.74 Å². The SMILES string of the molecule is CCCCCCCCC1(O)CCC(=O)O1. The molecule has 1 fully saturated rings. The number of esters is 1. The number of ether oxygens (including phenoxy) is 1. The van der Waals surface area contributed by atoms with E-state index in [0.717, 1.165) is 12.8 Å². The van der Waals surface area contributed by atoms with Crippen LogP contribution >= 0.6 is 0 Å². The zero-order valence-electron chi connectivity index (χ0n) is 9.63. The maximum atomic E-state index is 10.9. The van der Waals surface area contributed by atoms with Crippen LogP contribution in [0.1, 0.15) is 64.7 Å². The van der Waals surface area contributed by atoms with E-state index in [-0.39, 0.29) is 5.97 Å². The van der Waals surface area contributed by atoms with Crippen LogP contribution in [-0.4, -0.2) is 16.9 Å². The second-order valence-corrected chi connectivity index (χ2v) is 4.44. The van der Waals surface area contributed by atoms with Crippen molar-refractivity contribution in [1.82, 2.24) is 0 Å². The minimum Gasteiger partial charge on any atom is -0.433 e. The van der Waals surface area contributed by atoms with Gasteiger partial charge in [0, 0.05) is 12.8 Å². The maximum Gasteiger partial charge on any atom is 0.308 e. The topological polar surface area (TPSA) is 46.5 Å². The first-order valence-corrected chi connectivity index (χ1v) is 6.10. The van der Waals surface area contributed by atoms with E-state index in [1.54, 1.807) is 0 Å². The molecule has 0 amide bonds. The van der Waals surface area contributed by atoms with Crippen LogP contribution in [0.15, 0.2) is 0 Å². The normalized spacial score (nSPS) is 25.6. The molecule has 1 heterocycles. The van der Waals surface area contributed by atoms with Gasteiger partial charge in [0.1, 0.15) is 0 Å². The summed E-state index contributed by atoms with van der Waals surface area (Å²) in [6, 6.07) is 0. The van der Waals surface area contributed by atoms with Crippen molar-refractivity contribution in [3.8, 4) is 0 Å². The van der Waals surface area contributed by atoms with E-state index in [9.17, 15) is 9.90 Å². The van der Waals surface area contributed by atoms with Gasteiger partial charge >= 0.3 is 5.97 Å². The smallest absolute Gasteiger partial charge is 0.308 e. The van der Waals surface area contributed by atoms with Crippen molar-refractivity contribution in [2.75, 3.05) is 0 Å². The van der Waals surface area contributed by atoms with Crippen LogP contribution in [0.5, 0.6) is 0 Å². The summed E-state index contributed by atoms with van der Waals surface area (Å²) in [5, 5.41) is 9.82. The molecule has 0 aromatic heterocycles. The number of carbonyl (C=O) groups excluding carboxylic acids is 1. The highest BCUT2D eigenvalue weighted by atomic mass is 16.7. The monoisotopic (exact) mass is 214 g/mol. The fourth-order valence-electron chi connectivity index (χ4n) is 1.97. The third-order valence-corrected chi connectivity index (χ3v) is 2.94. The van der Waals surface area contributed by atoms with Crippen LogP contribution in [0.2, 0.25) is 0 Å². The molecule has 1 N–H and O–H groups in total. The Hall–Kier alpha value is -0.570. The molecule has 15 heavy (non-hydrogen) atoms. The Kier molecular flexibility index (Phi) is 5.09. The lowest BCUT2D eigenvalue weighted by Crippen LogP contribution is -2.27. The first kappa shape index (κ1) is 12.5.